The molecule has 3 aromatic rings. The van der Waals surface area contributed by atoms with Crippen LogP contribution in [0.2, 0.25) is 0 Å². The Morgan fingerprint density at radius 2 is 1.69 bits per heavy atom. The maximum absolute atomic E-state index is 14.6. The molecular formula is C38H29BrFNO7. The van der Waals surface area contributed by atoms with Crippen LogP contribution in [0.4, 0.5) is 10.1 Å². The van der Waals surface area contributed by atoms with Crippen LogP contribution in [0.3, 0.4) is 0 Å². The second-order valence-corrected chi connectivity index (χ2v) is 13.0. The number of nitrogens with zero attached hydrogens (tertiary/aromatic N) is 1. The summed E-state index contributed by atoms with van der Waals surface area (Å²) >= 11 is 3.21. The number of ketones is 2. The zero-order valence-corrected chi connectivity index (χ0v) is 27.5. The van der Waals surface area contributed by atoms with Gasteiger partial charge in [0.15, 0.2) is 23.1 Å². The minimum absolute atomic E-state index is 0.0945. The van der Waals surface area contributed by atoms with Crippen molar-refractivity contribution in [3.8, 4) is 17.2 Å². The predicted octanol–water partition coefficient (Wildman–Crippen LogP) is 6.69. The van der Waals surface area contributed by atoms with E-state index in [4.69, 9.17) is 9.47 Å². The fourth-order valence-electron chi connectivity index (χ4n) is 7.43. The van der Waals surface area contributed by atoms with Crippen LogP contribution in [0, 0.1) is 23.6 Å². The van der Waals surface area contributed by atoms with Crippen LogP contribution in [0.15, 0.2) is 94.0 Å². The van der Waals surface area contributed by atoms with E-state index in [2.05, 4.69) is 15.9 Å². The van der Waals surface area contributed by atoms with Crippen LogP contribution in [0.5, 0.6) is 17.2 Å². The summed E-state index contributed by atoms with van der Waals surface area (Å²) in [7, 11) is 3.18. The minimum atomic E-state index is -0.864. The molecule has 0 bridgehead atoms. The lowest BCUT2D eigenvalue weighted by molar-refractivity contribution is -0.123. The summed E-state index contributed by atoms with van der Waals surface area (Å²) in [5.41, 5.74) is 3.64. The molecule has 1 heterocycles. The summed E-state index contributed by atoms with van der Waals surface area (Å²) in [6.07, 6.45) is 7.21. The highest BCUT2D eigenvalue weighted by Gasteiger charge is 2.56. The molecule has 4 atom stereocenters. The molecule has 1 aliphatic heterocycles. The molecule has 4 aliphatic rings. The number of hydrogen-bond donors (Lipinski definition) is 1. The third kappa shape index (κ3) is 5.11. The molecule has 242 valence electrons. The van der Waals surface area contributed by atoms with E-state index in [1.54, 1.807) is 26.4 Å². The molecule has 48 heavy (non-hydrogen) atoms. The van der Waals surface area contributed by atoms with Crippen molar-refractivity contribution in [2.24, 2.45) is 17.8 Å². The maximum Gasteiger partial charge on any atom is 0.238 e. The molecule has 0 spiro atoms. The highest BCUT2D eigenvalue weighted by Crippen LogP contribution is 2.55. The Balaban J connectivity index is 1.21. The van der Waals surface area contributed by atoms with Crippen molar-refractivity contribution in [1.82, 2.24) is 0 Å². The van der Waals surface area contributed by atoms with Crippen LogP contribution in [0.25, 0.3) is 12.2 Å². The number of aromatic hydroxyl groups is 1. The van der Waals surface area contributed by atoms with Gasteiger partial charge in [-0.15, -0.1) is 0 Å². The number of hydrogen-bond acceptors (Lipinski definition) is 7. The second-order valence-electron chi connectivity index (χ2n) is 12.1. The lowest BCUT2D eigenvalue weighted by atomic mass is 9.59. The first kappa shape index (κ1) is 31.5. The number of ether oxygens (including phenoxy) is 2. The first-order chi connectivity index (χ1) is 23.1. The summed E-state index contributed by atoms with van der Waals surface area (Å²) in [6, 6.07) is 16.4. The van der Waals surface area contributed by atoms with Crippen molar-refractivity contribution in [3.05, 3.63) is 117 Å². The lowest BCUT2D eigenvalue weighted by Crippen LogP contribution is -2.39. The number of imide groups is 1. The fourth-order valence-corrected chi connectivity index (χ4v) is 7.88. The summed E-state index contributed by atoms with van der Waals surface area (Å²) in [6.45, 7) is 0. The number of phenols is 1. The van der Waals surface area contributed by atoms with Crippen molar-refractivity contribution in [2.45, 2.75) is 18.8 Å². The number of methoxy groups -OCH3 is 2. The first-order valence-electron chi connectivity index (χ1n) is 15.4. The molecule has 3 aliphatic carbocycles. The number of carbonyl (C=O) groups excluding carboxylic acids is 4. The molecule has 7 rings (SSSR count). The molecule has 0 saturated carbocycles. The lowest BCUT2D eigenvalue weighted by Gasteiger charge is -2.42. The Labute approximate surface area is 284 Å². The van der Waals surface area contributed by atoms with Crippen LogP contribution in [-0.2, 0) is 19.2 Å². The van der Waals surface area contributed by atoms with Gasteiger partial charge in [0.2, 0.25) is 11.8 Å². The van der Waals surface area contributed by atoms with E-state index in [9.17, 15) is 28.7 Å². The van der Waals surface area contributed by atoms with Crippen molar-refractivity contribution >= 4 is 57.2 Å². The molecule has 2 amide bonds. The van der Waals surface area contributed by atoms with Crippen LogP contribution >= 0.6 is 15.9 Å². The van der Waals surface area contributed by atoms with E-state index >= 15 is 0 Å². The Bertz CT molecular complexity index is 2040. The number of fused-ring (bicyclic) bond motifs is 3. The number of Topliss-reactive ketones (excluding diaryl/α,β-unsaturated/α-hetero) is 1. The predicted molar refractivity (Wildman–Crippen MR) is 180 cm³/mol. The van der Waals surface area contributed by atoms with Gasteiger partial charge in [-0.05, 0) is 88.3 Å². The molecular weight excluding hydrogens is 681 g/mol. The molecule has 8 nitrogen and oxygen atoms in total. The van der Waals surface area contributed by atoms with Crippen LogP contribution < -0.4 is 14.4 Å². The number of halogens is 2. The quantitative estimate of drug-likeness (QED) is 0.132. The molecule has 1 fully saturated rings. The van der Waals surface area contributed by atoms with E-state index < -0.39 is 35.2 Å². The SMILES string of the molecule is COc1ccc(OC)c(C=Cc2ccc(N3C(=O)C4CC=C5C(c6ccc(O)c(F)c6)C6=C(CC5C4C3=O)C(=O)C(Br)=CC6=O)cc2)c1. The first-order valence-corrected chi connectivity index (χ1v) is 16.2. The zero-order valence-electron chi connectivity index (χ0n) is 25.9. The van der Waals surface area contributed by atoms with Crippen LogP contribution in [-0.4, -0.2) is 42.7 Å². The average molecular weight is 711 g/mol. The number of carbonyl (C=O) groups is 4. The normalized spacial score (nSPS) is 23.5. The number of benzene rings is 3. The third-order valence-electron chi connectivity index (χ3n) is 9.68. The fraction of sp³-hybridized carbons (Fsp3) is 0.211. The van der Waals surface area contributed by atoms with Gasteiger partial charge >= 0.3 is 0 Å². The van der Waals surface area contributed by atoms with Crippen molar-refractivity contribution in [3.63, 3.8) is 0 Å². The second kappa shape index (κ2) is 12.2. The van der Waals surface area contributed by atoms with Gasteiger partial charge in [0, 0.05) is 28.7 Å². The van der Waals surface area contributed by atoms with Gasteiger partial charge in [-0.25, -0.2) is 4.39 Å². The Kier molecular flexibility index (Phi) is 7.99. The van der Waals surface area contributed by atoms with E-state index in [1.807, 2.05) is 48.6 Å². The van der Waals surface area contributed by atoms with Gasteiger partial charge in [-0.3, -0.25) is 24.1 Å². The standard InChI is InChI=1S/C38H29BrFNO7/c1-47-23-10-14-32(48-2)20(15-23)6-3-19-4-8-22(9-5-19)41-37(45)25-12-11-24-26(34(25)38(41)46)17-27-35(31(43)18-28(39)36(27)44)33(24)21-7-13-30(42)29(40)16-21/h3-11,13-16,18,25-26,33-34,42H,12,17H2,1-2H3. The molecule has 1 N–H and O–H groups in total. The molecule has 4 unspecified atom stereocenters. The highest BCUT2D eigenvalue weighted by atomic mass is 79.9. The van der Waals surface area contributed by atoms with Gasteiger partial charge < -0.3 is 14.6 Å². The van der Waals surface area contributed by atoms with Crippen molar-refractivity contribution in [2.75, 3.05) is 19.1 Å². The number of amides is 2. The van der Waals surface area contributed by atoms with Gasteiger partial charge in [-0.2, -0.15) is 0 Å². The maximum atomic E-state index is 14.6. The summed E-state index contributed by atoms with van der Waals surface area (Å²) in [4.78, 5) is 56.0. The van der Waals surface area contributed by atoms with E-state index in [1.165, 1.54) is 23.1 Å². The van der Waals surface area contributed by atoms with Gasteiger partial charge in [-0.1, -0.05) is 42.0 Å². The molecule has 0 radical (unpaired) electrons. The minimum Gasteiger partial charge on any atom is -0.505 e. The van der Waals surface area contributed by atoms with E-state index in [0.29, 0.717) is 28.3 Å². The van der Waals surface area contributed by atoms with E-state index in [-0.39, 0.29) is 51.9 Å². The Morgan fingerprint density at radius 1 is 0.917 bits per heavy atom. The molecule has 10 heteroatoms. The monoisotopic (exact) mass is 709 g/mol. The third-order valence-corrected chi connectivity index (χ3v) is 10.3. The summed E-state index contributed by atoms with van der Waals surface area (Å²) in [5.74, 6) is -4.32. The average Bonchev–Trinajstić information content (AvgIpc) is 3.35. The van der Waals surface area contributed by atoms with Gasteiger partial charge in [0.05, 0.1) is 36.2 Å². The topological polar surface area (TPSA) is 110 Å². The van der Waals surface area contributed by atoms with E-state index in [0.717, 1.165) is 17.2 Å². The largest absolute Gasteiger partial charge is 0.505 e. The number of phenolic OH excluding ortho intramolecular Hbond substituents is 1. The number of allylic oxidation sites excluding steroid dienone is 6. The van der Waals surface area contributed by atoms with Crippen LogP contribution in [0.1, 0.15) is 35.4 Å². The van der Waals surface area contributed by atoms with Crippen molar-refractivity contribution < 1.29 is 38.1 Å². The molecule has 1 saturated heterocycles. The Hall–Kier alpha value is -5.09. The number of rotatable bonds is 6. The highest BCUT2D eigenvalue weighted by molar-refractivity contribution is 9.12. The Morgan fingerprint density at radius 3 is 2.40 bits per heavy atom. The summed E-state index contributed by atoms with van der Waals surface area (Å²) in [5, 5.41) is 9.86. The molecule has 3 aromatic carbocycles. The van der Waals surface area contributed by atoms with Crippen molar-refractivity contribution in [1.29, 1.82) is 0 Å². The van der Waals surface area contributed by atoms with Gasteiger partial charge in [0.25, 0.3) is 0 Å². The zero-order chi connectivity index (χ0) is 33.9. The summed E-state index contributed by atoms with van der Waals surface area (Å²) < 4.78 is 25.5. The smallest absolute Gasteiger partial charge is 0.238 e. The van der Waals surface area contributed by atoms with Gasteiger partial charge in [0.1, 0.15) is 11.5 Å². The molecule has 0 aromatic heterocycles. The number of anilines is 1.